The first-order valence-corrected chi connectivity index (χ1v) is 11.1. The van der Waals surface area contributed by atoms with E-state index < -0.39 is 5.60 Å². The lowest BCUT2D eigenvalue weighted by atomic mass is 9.89. The number of guanidine groups is 1. The summed E-state index contributed by atoms with van der Waals surface area (Å²) in [6.45, 7) is 10.2. The molecule has 1 N–H and O–H groups in total. The molecular formula is C23H34N4O3. The molecule has 2 fully saturated rings. The number of ether oxygens (including phenoxy) is 2. The van der Waals surface area contributed by atoms with Crippen LogP contribution in [0.25, 0.3) is 0 Å². The molecule has 0 radical (unpaired) electrons. The molecule has 7 nitrogen and oxygen atoms in total. The van der Waals surface area contributed by atoms with Crippen LogP contribution in [-0.2, 0) is 9.47 Å². The maximum Gasteiger partial charge on any atom is 0.410 e. The van der Waals surface area contributed by atoms with E-state index in [9.17, 15) is 4.79 Å². The molecule has 0 spiro atoms. The SMILES string of the molecule is CC(C)(C)OC(=O)N1CCN2C(NCC3CCCOC3c3ccccc3)=NCC2C1. The normalized spacial score (nSPS) is 26.8. The minimum absolute atomic E-state index is 0.134. The average molecular weight is 415 g/mol. The van der Waals surface area contributed by atoms with Crippen LogP contribution in [0, 0.1) is 5.92 Å². The Morgan fingerprint density at radius 3 is 2.83 bits per heavy atom. The number of hydrogen-bond acceptors (Lipinski definition) is 6. The number of amides is 1. The van der Waals surface area contributed by atoms with E-state index in [1.807, 2.05) is 31.7 Å². The summed E-state index contributed by atoms with van der Waals surface area (Å²) in [5.41, 5.74) is 0.783. The van der Waals surface area contributed by atoms with Gasteiger partial charge in [0.1, 0.15) is 5.60 Å². The summed E-state index contributed by atoms with van der Waals surface area (Å²) in [6.07, 6.45) is 2.15. The Kier molecular flexibility index (Phi) is 6.18. The minimum Gasteiger partial charge on any atom is -0.444 e. The zero-order valence-corrected chi connectivity index (χ0v) is 18.3. The molecule has 30 heavy (non-hydrogen) atoms. The lowest BCUT2D eigenvalue weighted by molar-refractivity contribution is -0.0267. The van der Waals surface area contributed by atoms with E-state index in [1.54, 1.807) is 0 Å². The van der Waals surface area contributed by atoms with Gasteiger partial charge >= 0.3 is 6.09 Å². The molecule has 3 atom stereocenters. The molecule has 3 unspecified atom stereocenters. The molecule has 3 aliphatic rings. The second-order valence-corrected chi connectivity index (χ2v) is 9.42. The van der Waals surface area contributed by atoms with Gasteiger partial charge in [-0.05, 0) is 39.2 Å². The van der Waals surface area contributed by atoms with Crippen LogP contribution in [0.1, 0.15) is 45.3 Å². The van der Waals surface area contributed by atoms with Crippen molar-refractivity contribution in [1.29, 1.82) is 0 Å². The fourth-order valence-electron chi connectivity index (χ4n) is 4.51. The average Bonchev–Trinajstić information content (AvgIpc) is 3.14. The van der Waals surface area contributed by atoms with Gasteiger partial charge in [0.2, 0.25) is 0 Å². The Morgan fingerprint density at radius 1 is 1.27 bits per heavy atom. The smallest absolute Gasteiger partial charge is 0.410 e. The van der Waals surface area contributed by atoms with E-state index >= 15 is 0 Å². The highest BCUT2D eigenvalue weighted by Gasteiger charge is 2.37. The molecule has 3 aliphatic heterocycles. The van der Waals surface area contributed by atoms with Gasteiger partial charge in [0.15, 0.2) is 5.96 Å². The lowest BCUT2D eigenvalue weighted by Crippen LogP contribution is -2.58. The van der Waals surface area contributed by atoms with E-state index in [0.29, 0.717) is 25.6 Å². The Morgan fingerprint density at radius 2 is 2.07 bits per heavy atom. The number of hydrogen-bond donors (Lipinski definition) is 1. The van der Waals surface area contributed by atoms with Crippen LogP contribution in [0.4, 0.5) is 4.79 Å². The highest BCUT2D eigenvalue weighted by Crippen LogP contribution is 2.33. The summed E-state index contributed by atoms with van der Waals surface area (Å²) in [5.74, 6) is 1.38. The summed E-state index contributed by atoms with van der Waals surface area (Å²) >= 11 is 0. The molecule has 7 heteroatoms. The van der Waals surface area contributed by atoms with Crippen LogP contribution >= 0.6 is 0 Å². The van der Waals surface area contributed by atoms with Crippen molar-refractivity contribution >= 4 is 12.1 Å². The van der Waals surface area contributed by atoms with Crippen molar-refractivity contribution in [3.8, 4) is 0 Å². The molecule has 1 aromatic rings. The first-order chi connectivity index (χ1) is 14.4. The van der Waals surface area contributed by atoms with E-state index in [0.717, 1.165) is 38.5 Å². The number of aliphatic imine (C=N–C) groups is 1. The number of rotatable bonds is 3. The number of nitrogens with zero attached hydrogens (tertiary/aromatic N) is 3. The van der Waals surface area contributed by atoms with Crippen molar-refractivity contribution in [3.05, 3.63) is 35.9 Å². The Balaban J connectivity index is 1.31. The summed E-state index contributed by atoms with van der Waals surface area (Å²) in [4.78, 5) is 21.3. The van der Waals surface area contributed by atoms with E-state index in [1.165, 1.54) is 5.56 Å². The zero-order valence-electron chi connectivity index (χ0n) is 18.3. The van der Waals surface area contributed by atoms with Crippen molar-refractivity contribution in [1.82, 2.24) is 15.1 Å². The van der Waals surface area contributed by atoms with Crippen LogP contribution in [0.2, 0.25) is 0 Å². The van der Waals surface area contributed by atoms with Gasteiger partial charge in [-0.3, -0.25) is 4.99 Å². The highest BCUT2D eigenvalue weighted by molar-refractivity contribution is 5.82. The molecule has 1 amide bonds. The monoisotopic (exact) mass is 414 g/mol. The highest BCUT2D eigenvalue weighted by atomic mass is 16.6. The fraction of sp³-hybridized carbons (Fsp3) is 0.652. The van der Waals surface area contributed by atoms with Gasteiger partial charge in [-0.2, -0.15) is 0 Å². The molecule has 164 valence electrons. The molecule has 1 aromatic carbocycles. The summed E-state index contributed by atoms with van der Waals surface area (Å²) < 4.78 is 11.7. The molecule has 2 saturated heterocycles. The standard InChI is InChI=1S/C23H34N4O3/c1-23(2,3)30-22(28)26-11-12-27-19(16-26)15-25-21(27)24-14-18-10-7-13-29-20(18)17-8-5-4-6-9-17/h4-6,8-9,18-20H,7,10-16H2,1-3H3,(H,24,25). The Hall–Kier alpha value is -2.28. The summed E-state index contributed by atoms with van der Waals surface area (Å²) in [7, 11) is 0. The van der Waals surface area contributed by atoms with Crippen molar-refractivity contribution in [3.63, 3.8) is 0 Å². The van der Waals surface area contributed by atoms with Crippen LogP contribution in [0.3, 0.4) is 0 Å². The van der Waals surface area contributed by atoms with Gasteiger partial charge in [-0.1, -0.05) is 30.3 Å². The quantitative estimate of drug-likeness (QED) is 0.824. The minimum atomic E-state index is -0.468. The van der Waals surface area contributed by atoms with Gasteiger partial charge < -0.3 is 24.6 Å². The number of fused-ring (bicyclic) bond motifs is 1. The Bertz CT molecular complexity index is 761. The maximum absolute atomic E-state index is 12.4. The van der Waals surface area contributed by atoms with Crippen LogP contribution in [-0.4, -0.2) is 72.8 Å². The molecule has 0 aliphatic carbocycles. The van der Waals surface area contributed by atoms with Gasteiger partial charge in [0, 0.05) is 38.7 Å². The second-order valence-electron chi connectivity index (χ2n) is 9.42. The second kappa shape index (κ2) is 8.84. The van der Waals surface area contributed by atoms with Crippen molar-refractivity contribution in [2.24, 2.45) is 10.9 Å². The van der Waals surface area contributed by atoms with Crippen LogP contribution in [0.15, 0.2) is 35.3 Å². The summed E-state index contributed by atoms with van der Waals surface area (Å²) in [6, 6.07) is 10.7. The van der Waals surface area contributed by atoms with Gasteiger partial charge in [-0.15, -0.1) is 0 Å². The van der Waals surface area contributed by atoms with Crippen molar-refractivity contribution in [2.45, 2.75) is 51.4 Å². The zero-order chi connectivity index (χ0) is 21.1. The summed E-state index contributed by atoms with van der Waals surface area (Å²) in [5, 5.41) is 3.59. The van der Waals surface area contributed by atoms with E-state index in [-0.39, 0.29) is 18.2 Å². The van der Waals surface area contributed by atoms with Gasteiger partial charge in [0.05, 0.1) is 18.7 Å². The lowest BCUT2D eigenvalue weighted by Gasteiger charge is -2.39. The predicted octanol–water partition coefficient (Wildman–Crippen LogP) is 3.03. The van der Waals surface area contributed by atoms with E-state index in [2.05, 4.69) is 34.5 Å². The van der Waals surface area contributed by atoms with Crippen LogP contribution < -0.4 is 5.32 Å². The number of piperazine rings is 1. The molecule has 0 bridgehead atoms. The fourth-order valence-corrected chi connectivity index (χ4v) is 4.51. The van der Waals surface area contributed by atoms with Crippen LogP contribution in [0.5, 0.6) is 0 Å². The first kappa shape index (κ1) is 21.0. The number of nitrogens with one attached hydrogen (secondary N) is 1. The van der Waals surface area contributed by atoms with Gasteiger partial charge in [0.25, 0.3) is 0 Å². The maximum atomic E-state index is 12.4. The molecule has 0 saturated carbocycles. The number of benzene rings is 1. The molecule has 4 rings (SSSR count). The third-order valence-electron chi connectivity index (χ3n) is 5.95. The van der Waals surface area contributed by atoms with Gasteiger partial charge in [-0.25, -0.2) is 4.79 Å². The Labute approximate surface area is 179 Å². The molecule has 0 aromatic heterocycles. The van der Waals surface area contributed by atoms with E-state index in [4.69, 9.17) is 14.5 Å². The molecular weight excluding hydrogens is 380 g/mol. The van der Waals surface area contributed by atoms with Crippen molar-refractivity contribution < 1.29 is 14.3 Å². The predicted molar refractivity (Wildman–Crippen MR) is 116 cm³/mol. The third-order valence-corrected chi connectivity index (χ3v) is 5.95. The number of carbonyl (C=O) groups excluding carboxylic acids is 1. The largest absolute Gasteiger partial charge is 0.444 e. The number of carbonyl (C=O) groups is 1. The topological polar surface area (TPSA) is 66.4 Å². The molecule has 3 heterocycles. The third kappa shape index (κ3) is 4.89. The first-order valence-electron chi connectivity index (χ1n) is 11.1. The van der Waals surface area contributed by atoms with Crippen molar-refractivity contribution in [2.75, 3.05) is 39.3 Å².